The average molecular weight is 429 g/mol. The first-order valence-electron chi connectivity index (χ1n) is 8.67. The summed E-state index contributed by atoms with van der Waals surface area (Å²) in [5.74, 6) is -0.842. The number of hydrogen-bond donors (Lipinski definition) is 1. The maximum Gasteiger partial charge on any atom is 0.262 e. The minimum atomic E-state index is -3.66. The standard InChI is InChI=1S/C19H22ClFN2O4S/c1-4-23(5-2)28(25,26)18-11-15(8-6-13(18)3)22-19(24)12-27-17-9-7-14(21)10-16(17)20/h6-11H,4-5,12H2,1-3H3,(H,22,24). The Hall–Kier alpha value is -2.16. The number of hydrogen-bond acceptors (Lipinski definition) is 4. The molecule has 0 unspecified atom stereocenters. The molecule has 28 heavy (non-hydrogen) atoms. The molecular formula is C19H22ClFN2O4S. The Bertz CT molecular complexity index is 962. The van der Waals surface area contributed by atoms with Crippen LogP contribution in [0.3, 0.4) is 0 Å². The summed E-state index contributed by atoms with van der Waals surface area (Å²) in [4.78, 5) is 12.3. The number of halogens is 2. The van der Waals surface area contributed by atoms with E-state index in [1.165, 1.54) is 22.5 Å². The molecule has 0 aliphatic rings. The van der Waals surface area contributed by atoms with Gasteiger partial charge in [0.25, 0.3) is 5.91 Å². The number of rotatable bonds is 8. The molecule has 0 fully saturated rings. The molecule has 9 heteroatoms. The molecule has 1 N–H and O–H groups in total. The predicted octanol–water partition coefficient (Wildman–Crippen LogP) is 3.84. The van der Waals surface area contributed by atoms with Crippen molar-refractivity contribution in [3.63, 3.8) is 0 Å². The van der Waals surface area contributed by atoms with E-state index in [-0.39, 0.29) is 22.3 Å². The van der Waals surface area contributed by atoms with Crippen LogP contribution in [-0.2, 0) is 14.8 Å². The summed E-state index contributed by atoms with van der Waals surface area (Å²) in [7, 11) is -3.66. The Morgan fingerprint density at radius 2 is 1.86 bits per heavy atom. The second kappa shape index (κ2) is 9.36. The summed E-state index contributed by atoms with van der Waals surface area (Å²) < 4.78 is 45.2. The van der Waals surface area contributed by atoms with Gasteiger partial charge < -0.3 is 10.1 Å². The monoisotopic (exact) mass is 428 g/mol. The van der Waals surface area contributed by atoms with Gasteiger partial charge in [0, 0.05) is 18.8 Å². The highest BCUT2D eigenvalue weighted by Crippen LogP contribution is 2.25. The van der Waals surface area contributed by atoms with Crippen LogP contribution in [0.5, 0.6) is 5.75 Å². The largest absolute Gasteiger partial charge is 0.482 e. The van der Waals surface area contributed by atoms with Crippen molar-refractivity contribution in [1.29, 1.82) is 0 Å². The molecule has 2 aromatic carbocycles. The average Bonchev–Trinajstić information content (AvgIpc) is 2.63. The number of aryl methyl sites for hydroxylation is 1. The number of carbonyl (C=O) groups is 1. The van der Waals surface area contributed by atoms with Crippen molar-refractivity contribution in [2.24, 2.45) is 0 Å². The topological polar surface area (TPSA) is 75.7 Å². The molecule has 0 aromatic heterocycles. The number of benzene rings is 2. The maximum absolute atomic E-state index is 13.0. The van der Waals surface area contributed by atoms with Crippen molar-refractivity contribution in [2.45, 2.75) is 25.7 Å². The minimum absolute atomic E-state index is 0.0516. The quantitative estimate of drug-likeness (QED) is 0.693. The van der Waals surface area contributed by atoms with Crippen LogP contribution in [0.1, 0.15) is 19.4 Å². The molecule has 0 heterocycles. The summed E-state index contributed by atoms with van der Waals surface area (Å²) in [5.41, 5.74) is 0.911. The van der Waals surface area contributed by atoms with Crippen molar-refractivity contribution >= 4 is 33.2 Å². The van der Waals surface area contributed by atoms with Gasteiger partial charge in [-0.05, 0) is 42.8 Å². The third kappa shape index (κ3) is 5.21. The molecule has 0 radical (unpaired) electrons. The number of nitrogens with one attached hydrogen (secondary N) is 1. The lowest BCUT2D eigenvalue weighted by atomic mass is 10.2. The zero-order chi connectivity index (χ0) is 20.9. The van der Waals surface area contributed by atoms with Crippen molar-refractivity contribution in [1.82, 2.24) is 4.31 Å². The summed E-state index contributed by atoms with van der Waals surface area (Å²) in [5, 5.41) is 2.65. The van der Waals surface area contributed by atoms with Crippen LogP contribution >= 0.6 is 11.6 Å². The SMILES string of the molecule is CCN(CC)S(=O)(=O)c1cc(NC(=O)COc2ccc(F)cc2Cl)ccc1C. The number of amides is 1. The second-order valence-corrected chi connectivity index (χ2v) is 8.29. The van der Waals surface area contributed by atoms with Gasteiger partial charge in [0.15, 0.2) is 6.61 Å². The lowest BCUT2D eigenvalue weighted by Crippen LogP contribution is -2.31. The molecule has 0 atom stereocenters. The Morgan fingerprint density at radius 1 is 1.18 bits per heavy atom. The molecule has 0 aliphatic heterocycles. The van der Waals surface area contributed by atoms with E-state index in [1.54, 1.807) is 32.9 Å². The van der Waals surface area contributed by atoms with Gasteiger partial charge in [0.2, 0.25) is 10.0 Å². The van der Waals surface area contributed by atoms with E-state index in [9.17, 15) is 17.6 Å². The van der Waals surface area contributed by atoms with Crippen LogP contribution in [0.4, 0.5) is 10.1 Å². The van der Waals surface area contributed by atoms with E-state index < -0.39 is 21.7 Å². The molecule has 0 aliphatic carbocycles. The molecule has 1 amide bonds. The van der Waals surface area contributed by atoms with Crippen LogP contribution in [0.25, 0.3) is 0 Å². The van der Waals surface area contributed by atoms with Gasteiger partial charge in [0.05, 0.1) is 9.92 Å². The van der Waals surface area contributed by atoms with E-state index in [4.69, 9.17) is 16.3 Å². The summed E-state index contributed by atoms with van der Waals surface area (Å²) in [6.07, 6.45) is 0. The lowest BCUT2D eigenvalue weighted by molar-refractivity contribution is -0.118. The number of nitrogens with zero attached hydrogens (tertiary/aromatic N) is 1. The number of carbonyl (C=O) groups excluding carboxylic acids is 1. The zero-order valence-electron chi connectivity index (χ0n) is 15.8. The van der Waals surface area contributed by atoms with Crippen LogP contribution in [0.15, 0.2) is 41.3 Å². The molecular weight excluding hydrogens is 407 g/mol. The van der Waals surface area contributed by atoms with Crippen molar-refractivity contribution in [2.75, 3.05) is 25.0 Å². The first kappa shape index (κ1) is 22.1. The molecule has 2 aromatic rings. The predicted molar refractivity (Wildman–Crippen MR) is 107 cm³/mol. The smallest absolute Gasteiger partial charge is 0.262 e. The van der Waals surface area contributed by atoms with Crippen molar-refractivity contribution in [3.05, 3.63) is 52.8 Å². The fourth-order valence-electron chi connectivity index (χ4n) is 2.59. The Labute approximate surface area is 169 Å². The van der Waals surface area contributed by atoms with E-state index in [2.05, 4.69) is 5.32 Å². The van der Waals surface area contributed by atoms with Crippen molar-refractivity contribution < 1.29 is 22.3 Å². The van der Waals surface area contributed by atoms with Gasteiger partial charge in [-0.3, -0.25) is 4.79 Å². The third-order valence-electron chi connectivity index (χ3n) is 4.05. The van der Waals surface area contributed by atoms with E-state index in [0.717, 1.165) is 6.07 Å². The number of ether oxygens (including phenoxy) is 1. The van der Waals surface area contributed by atoms with Gasteiger partial charge in [-0.2, -0.15) is 4.31 Å². The van der Waals surface area contributed by atoms with Crippen molar-refractivity contribution in [3.8, 4) is 5.75 Å². The van der Waals surface area contributed by atoms with E-state index >= 15 is 0 Å². The summed E-state index contributed by atoms with van der Waals surface area (Å²) in [6, 6.07) is 8.24. The Balaban J connectivity index is 2.13. The Kier molecular flexibility index (Phi) is 7.40. The van der Waals surface area contributed by atoms with Crippen LogP contribution in [-0.4, -0.2) is 38.3 Å². The minimum Gasteiger partial charge on any atom is -0.482 e. The summed E-state index contributed by atoms with van der Waals surface area (Å²) >= 11 is 5.85. The highest BCUT2D eigenvalue weighted by Gasteiger charge is 2.24. The van der Waals surface area contributed by atoms with Crippen LogP contribution < -0.4 is 10.1 Å². The van der Waals surface area contributed by atoms with Crippen LogP contribution in [0.2, 0.25) is 5.02 Å². The van der Waals surface area contributed by atoms with E-state index in [1.807, 2.05) is 0 Å². The molecule has 0 spiro atoms. The van der Waals surface area contributed by atoms with Gasteiger partial charge in [-0.1, -0.05) is 31.5 Å². The highest BCUT2D eigenvalue weighted by atomic mass is 35.5. The summed E-state index contributed by atoms with van der Waals surface area (Å²) in [6.45, 7) is 5.56. The Morgan fingerprint density at radius 3 is 2.46 bits per heavy atom. The molecule has 2 rings (SSSR count). The molecule has 6 nitrogen and oxygen atoms in total. The molecule has 152 valence electrons. The first-order chi connectivity index (χ1) is 13.2. The molecule has 0 bridgehead atoms. The second-order valence-electron chi connectivity index (χ2n) is 5.98. The normalized spacial score (nSPS) is 11.5. The zero-order valence-corrected chi connectivity index (χ0v) is 17.4. The first-order valence-corrected chi connectivity index (χ1v) is 10.5. The third-order valence-corrected chi connectivity index (χ3v) is 6.54. The van der Waals surface area contributed by atoms with Crippen LogP contribution in [0, 0.1) is 12.7 Å². The molecule has 0 saturated carbocycles. The molecule has 0 saturated heterocycles. The van der Waals surface area contributed by atoms with Gasteiger partial charge in [-0.15, -0.1) is 0 Å². The van der Waals surface area contributed by atoms with E-state index in [0.29, 0.717) is 24.3 Å². The number of sulfonamides is 1. The fourth-order valence-corrected chi connectivity index (χ4v) is 4.52. The number of anilines is 1. The van der Waals surface area contributed by atoms with Gasteiger partial charge in [-0.25, -0.2) is 12.8 Å². The van der Waals surface area contributed by atoms with Gasteiger partial charge >= 0.3 is 0 Å². The highest BCUT2D eigenvalue weighted by molar-refractivity contribution is 7.89. The fraction of sp³-hybridized carbons (Fsp3) is 0.316. The lowest BCUT2D eigenvalue weighted by Gasteiger charge is -2.20. The van der Waals surface area contributed by atoms with Gasteiger partial charge in [0.1, 0.15) is 11.6 Å². The maximum atomic E-state index is 13.0.